The fourth-order valence-electron chi connectivity index (χ4n) is 1.75. The van der Waals surface area contributed by atoms with Gasteiger partial charge in [0.05, 0.1) is 12.4 Å². The van der Waals surface area contributed by atoms with Gasteiger partial charge in [-0.25, -0.2) is 9.59 Å². The molecule has 0 fully saturated rings. The van der Waals surface area contributed by atoms with E-state index in [0.29, 0.717) is 0 Å². The highest BCUT2D eigenvalue weighted by molar-refractivity contribution is 8.02. The zero-order valence-corrected chi connectivity index (χ0v) is 15.7. The summed E-state index contributed by atoms with van der Waals surface area (Å²) < 4.78 is 21.6. The van der Waals surface area contributed by atoms with Gasteiger partial charge in [-0.3, -0.25) is 9.00 Å². The molecular formula is C15H29NO6S. The number of nitrogens with one attached hydrogen (secondary N) is 1. The number of ether oxygens (including phenoxy) is 2. The van der Waals surface area contributed by atoms with Crippen molar-refractivity contribution in [1.29, 1.82) is 0 Å². The van der Waals surface area contributed by atoms with Crippen LogP contribution in [0.1, 0.15) is 40.5 Å². The Morgan fingerprint density at radius 3 is 2.17 bits per heavy atom. The fourth-order valence-corrected chi connectivity index (χ4v) is 2.76. The third kappa shape index (κ3) is 11.7. The number of esters is 1. The SMILES string of the molecule is CCOC(=O)[C@H](CCC(=O)C[SH](C)(C)=O)NC(=O)OC(C)(C)C. The summed E-state index contributed by atoms with van der Waals surface area (Å²) in [6.07, 6.45) is 2.43. The molecule has 1 amide bonds. The van der Waals surface area contributed by atoms with Crippen LogP contribution in [0, 0.1) is 0 Å². The van der Waals surface area contributed by atoms with Gasteiger partial charge in [-0.05, 0) is 46.6 Å². The second kappa shape index (κ2) is 9.00. The van der Waals surface area contributed by atoms with E-state index in [1.165, 1.54) is 12.5 Å². The van der Waals surface area contributed by atoms with Gasteiger partial charge in [-0.15, -0.1) is 9.93 Å². The second-order valence-corrected chi connectivity index (χ2v) is 10.2. The molecule has 0 aliphatic carbocycles. The molecule has 0 radical (unpaired) electrons. The predicted molar refractivity (Wildman–Crippen MR) is 90.3 cm³/mol. The number of rotatable bonds is 8. The van der Waals surface area contributed by atoms with Crippen molar-refractivity contribution in [3.05, 3.63) is 0 Å². The van der Waals surface area contributed by atoms with Crippen LogP contribution in [0.2, 0.25) is 0 Å². The van der Waals surface area contributed by atoms with E-state index in [9.17, 15) is 18.6 Å². The van der Waals surface area contributed by atoms with Crippen molar-refractivity contribution in [2.24, 2.45) is 0 Å². The van der Waals surface area contributed by atoms with Crippen LogP contribution in [0.3, 0.4) is 0 Å². The first kappa shape index (κ1) is 21.6. The van der Waals surface area contributed by atoms with Crippen molar-refractivity contribution in [2.45, 2.75) is 52.2 Å². The van der Waals surface area contributed by atoms with Gasteiger partial charge >= 0.3 is 12.1 Å². The molecule has 0 aromatic rings. The van der Waals surface area contributed by atoms with Crippen molar-refractivity contribution in [2.75, 3.05) is 24.9 Å². The normalized spacial score (nSPS) is 13.8. The summed E-state index contributed by atoms with van der Waals surface area (Å²) >= 11 is 0. The molecule has 8 heteroatoms. The zero-order valence-electron chi connectivity index (χ0n) is 14.8. The van der Waals surface area contributed by atoms with E-state index < -0.39 is 33.6 Å². The molecule has 0 rings (SSSR count). The molecule has 0 saturated heterocycles. The molecule has 1 N–H and O–H groups in total. The molecule has 0 unspecified atom stereocenters. The van der Waals surface area contributed by atoms with Crippen molar-refractivity contribution in [3.8, 4) is 0 Å². The van der Waals surface area contributed by atoms with Crippen LogP contribution < -0.4 is 5.32 Å². The van der Waals surface area contributed by atoms with Crippen molar-refractivity contribution < 1.29 is 28.1 Å². The Balaban J connectivity index is 4.70. The minimum absolute atomic E-state index is 0.0189. The van der Waals surface area contributed by atoms with Crippen LogP contribution in [-0.2, 0) is 29.0 Å². The van der Waals surface area contributed by atoms with E-state index in [-0.39, 0.29) is 31.0 Å². The van der Waals surface area contributed by atoms with E-state index in [1.54, 1.807) is 27.7 Å². The molecule has 0 saturated carbocycles. The van der Waals surface area contributed by atoms with E-state index in [0.717, 1.165) is 0 Å². The van der Waals surface area contributed by atoms with E-state index in [4.69, 9.17) is 9.47 Å². The van der Waals surface area contributed by atoms with Gasteiger partial charge in [0.1, 0.15) is 17.4 Å². The molecule has 1 atom stereocenters. The lowest BCUT2D eigenvalue weighted by Crippen LogP contribution is -2.44. The Morgan fingerprint density at radius 2 is 1.74 bits per heavy atom. The molecule has 7 nitrogen and oxygen atoms in total. The zero-order chi connectivity index (χ0) is 18.3. The predicted octanol–water partition coefficient (Wildman–Crippen LogP) is 1.07. The van der Waals surface area contributed by atoms with Gasteiger partial charge in [0.2, 0.25) is 0 Å². The monoisotopic (exact) mass is 351 g/mol. The number of thiol groups is 1. The van der Waals surface area contributed by atoms with Gasteiger partial charge in [-0.1, -0.05) is 0 Å². The molecule has 0 aliphatic heterocycles. The van der Waals surface area contributed by atoms with Gasteiger partial charge in [-0.2, -0.15) is 0 Å². The minimum atomic E-state index is -2.45. The Kier molecular flexibility index (Phi) is 8.44. The molecule has 0 aromatic carbocycles. The first-order chi connectivity index (χ1) is 10.3. The topological polar surface area (TPSA) is 98.8 Å². The number of carbonyl (C=O) groups excluding carboxylic acids is 3. The van der Waals surface area contributed by atoms with Crippen LogP contribution in [-0.4, -0.2) is 58.6 Å². The lowest BCUT2D eigenvalue weighted by Gasteiger charge is -2.23. The summed E-state index contributed by atoms with van der Waals surface area (Å²) in [6, 6.07) is -0.971. The van der Waals surface area contributed by atoms with Crippen molar-refractivity contribution in [1.82, 2.24) is 5.32 Å². The fraction of sp³-hybridized carbons (Fsp3) is 0.800. The van der Waals surface area contributed by atoms with Crippen molar-refractivity contribution in [3.63, 3.8) is 0 Å². The first-order valence-electron chi connectivity index (χ1n) is 7.56. The molecule has 136 valence electrons. The average Bonchev–Trinajstić information content (AvgIpc) is 2.30. The maximum atomic E-state index is 11.9. The highest BCUT2D eigenvalue weighted by atomic mass is 32.2. The van der Waals surface area contributed by atoms with Crippen LogP contribution in [0.15, 0.2) is 0 Å². The number of hydrogen-bond acceptors (Lipinski definition) is 6. The van der Waals surface area contributed by atoms with Gasteiger partial charge in [0.15, 0.2) is 0 Å². The average molecular weight is 351 g/mol. The van der Waals surface area contributed by atoms with Crippen LogP contribution in [0.25, 0.3) is 0 Å². The second-order valence-electron chi connectivity index (χ2n) is 6.76. The number of ketones is 1. The molecule has 0 heterocycles. The van der Waals surface area contributed by atoms with Crippen LogP contribution >= 0.6 is 0 Å². The van der Waals surface area contributed by atoms with Crippen LogP contribution in [0.5, 0.6) is 0 Å². The van der Waals surface area contributed by atoms with Gasteiger partial charge in [0.25, 0.3) is 0 Å². The summed E-state index contributed by atoms with van der Waals surface area (Å²) in [5, 5.41) is 2.42. The molecule has 0 bridgehead atoms. The standard InChI is InChI=1S/C15H29NO6S/c1-7-21-13(18)12(16-14(19)22-15(2,3)4)9-8-11(17)10-23(5,6)20/h12,23H,7-10H2,1-6H3,(H,16,19)/t12-/m0/s1. The van der Waals surface area contributed by atoms with Gasteiger partial charge in [0, 0.05) is 6.42 Å². The quantitative estimate of drug-likeness (QED) is 0.501. The Hall–Kier alpha value is -1.44. The highest BCUT2D eigenvalue weighted by Crippen LogP contribution is 2.09. The number of alkyl carbamates (subject to hydrolysis) is 1. The number of amides is 1. The number of Topliss-reactive ketones (excluding diaryl/α,β-unsaturated/α-hetero) is 1. The number of hydrogen-bond donors (Lipinski definition) is 2. The minimum Gasteiger partial charge on any atom is -0.464 e. The summed E-state index contributed by atoms with van der Waals surface area (Å²) in [5.74, 6) is -0.851. The molecular weight excluding hydrogens is 322 g/mol. The number of carbonyl (C=O) groups is 3. The Morgan fingerprint density at radius 1 is 1.17 bits per heavy atom. The maximum absolute atomic E-state index is 11.9. The summed E-state index contributed by atoms with van der Waals surface area (Å²) in [4.78, 5) is 35.5. The smallest absolute Gasteiger partial charge is 0.408 e. The third-order valence-electron chi connectivity index (χ3n) is 2.53. The first-order valence-corrected chi connectivity index (χ1v) is 10.3. The lowest BCUT2D eigenvalue weighted by molar-refractivity contribution is -0.145. The summed E-state index contributed by atoms with van der Waals surface area (Å²) in [7, 11) is -2.45. The lowest BCUT2D eigenvalue weighted by atomic mass is 10.1. The Bertz CT molecular complexity index is 477. The maximum Gasteiger partial charge on any atom is 0.408 e. The van der Waals surface area contributed by atoms with E-state index >= 15 is 0 Å². The van der Waals surface area contributed by atoms with E-state index in [2.05, 4.69) is 5.32 Å². The third-order valence-corrected chi connectivity index (χ3v) is 3.65. The summed E-state index contributed by atoms with van der Waals surface area (Å²) in [6.45, 7) is 6.93. The molecule has 0 aliphatic rings. The summed E-state index contributed by atoms with van der Waals surface area (Å²) in [5.41, 5.74) is -0.698. The van der Waals surface area contributed by atoms with Crippen molar-refractivity contribution >= 4 is 27.8 Å². The molecule has 0 aromatic heterocycles. The van der Waals surface area contributed by atoms with E-state index in [1.807, 2.05) is 0 Å². The van der Waals surface area contributed by atoms with Gasteiger partial charge < -0.3 is 14.8 Å². The molecule has 23 heavy (non-hydrogen) atoms. The Labute approximate surface area is 138 Å². The van der Waals surface area contributed by atoms with Crippen LogP contribution in [0.4, 0.5) is 4.79 Å². The highest BCUT2D eigenvalue weighted by Gasteiger charge is 2.26. The largest absolute Gasteiger partial charge is 0.464 e. The molecule has 0 spiro atoms.